The second kappa shape index (κ2) is 28.4. The highest BCUT2D eigenvalue weighted by Crippen LogP contribution is 2.62. The summed E-state index contributed by atoms with van der Waals surface area (Å²) in [5, 5.41) is 7.49. The number of aryl methyl sites for hydroxylation is 2. The van der Waals surface area contributed by atoms with Gasteiger partial charge in [-0.25, -0.2) is 16.8 Å². The summed E-state index contributed by atoms with van der Waals surface area (Å²) in [4.78, 5) is 1.38. The van der Waals surface area contributed by atoms with Crippen LogP contribution in [0.2, 0.25) is 0 Å². The van der Waals surface area contributed by atoms with Crippen LogP contribution in [-0.4, -0.2) is 16.8 Å². The molecule has 4 aliphatic rings. The molecule has 0 spiro atoms. The van der Waals surface area contributed by atoms with Crippen LogP contribution in [-0.2, 0) is 30.5 Å². The molecule has 0 saturated heterocycles. The topological polar surface area (TPSA) is 68.3 Å². The molecule has 2 aromatic heterocycles. The second-order valence-corrected chi connectivity index (χ2v) is 35.8. The number of rotatable bonds is 28. The maximum absolute atomic E-state index is 14.1. The molecule has 0 fully saturated rings. The van der Waals surface area contributed by atoms with Gasteiger partial charge in [0.1, 0.15) is 0 Å². The number of unbranched alkanes of at least 4 members (excludes halogenated alkanes) is 20. The van der Waals surface area contributed by atoms with E-state index in [0.29, 0.717) is 19.6 Å². The molecule has 4 heterocycles. The van der Waals surface area contributed by atoms with Gasteiger partial charge in [0.15, 0.2) is 0 Å². The molecule has 2 atom stereocenters. The van der Waals surface area contributed by atoms with E-state index in [1.807, 2.05) is 59.1 Å². The van der Waals surface area contributed by atoms with Crippen LogP contribution in [0.5, 0.6) is 0 Å². The fourth-order valence-corrected chi connectivity index (χ4v) is 23.7. The molecule has 14 rings (SSSR count). The fourth-order valence-electron chi connectivity index (χ4n) is 17.0. The zero-order valence-corrected chi connectivity index (χ0v) is 62.3. The first-order chi connectivity index (χ1) is 45.6. The molecule has 4 nitrogen and oxygen atoms in total. The molecule has 10 aromatic rings. The Morgan fingerprint density at radius 1 is 0.298 bits per heavy atom. The molecule has 0 saturated carbocycles. The summed E-state index contributed by atoms with van der Waals surface area (Å²) in [7, 11) is -2.20. The molecule has 8 aromatic carbocycles. The van der Waals surface area contributed by atoms with Crippen molar-refractivity contribution in [2.75, 3.05) is 0 Å². The predicted octanol–water partition coefficient (Wildman–Crippen LogP) is 24.9. The fraction of sp³-hybridized carbons (Fsp3) is 0.429. The van der Waals surface area contributed by atoms with E-state index in [2.05, 4.69) is 133 Å². The minimum absolute atomic E-state index is 0.0977. The Morgan fingerprint density at radius 2 is 0.596 bits per heavy atom. The van der Waals surface area contributed by atoms with Gasteiger partial charge in [0, 0.05) is 73.4 Å². The summed E-state index contributed by atoms with van der Waals surface area (Å²) in [6, 6.07) is 44.1. The van der Waals surface area contributed by atoms with Gasteiger partial charge in [-0.15, -0.1) is 41.2 Å². The Balaban J connectivity index is 0.000000171. The van der Waals surface area contributed by atoms with E-state index >= 15 is 0 Å². The van der Waals surface area contributed by atoms with Crippen LogP contribution in [0.1, 0.15) is 241 Å². The minimum Gasteiger partial charge on any atom is -0.218 e. The van der Waals surface area contributed by atoms with Crippen LogP contribution < -0.4 is 10.6 Å². The number of sulfone groups is 2. The smallest absolute Gasteiger partial charge is 0.207 e. The van der Waals surface area contributed by atoms with Gasteiger partial charge in [0.2, 0.25) is 19.7 Å². The zero-order valence-electron chi connectivity index (χ0n) is 56.8. The number of fused-ring (bicyclic) bond motifs is 18. The second-order valence-electron chi connectivity index (χ2n) is 28.5. The van der Waals surface area contributed by atoms with Crippen molar-refractivity contribution < 1.29 is 16.8 Å². The highest BCUT2D eigenvalue weighted by atomic mass is 32.2. The Hall–Kier alpha value is -5.04. The number of thiophene rings is 2. The predicted molar refractivity (Wildman–Crippen MR) is 413 cm³/mol. The van der Waals surface area contributed by atoms with Crippen LogP contribution in [0.3, 0.4) is 0 Å². The highest BCUT2D eigenvalue weighted by molar-refractivity contribution is 7.92. The summed E-state index contributed by atoms with van der Waals surface area (Å²) in [6.07, 6.45) is 35.0. The summed E-state index contributed by atoms with van der Waals surface area (Å²) in [5.41, 5.74) is 16.0. The average Bonchev–Trinajstić information content (AvgIpc) is 1.53. The molecule has 0 bridgehead atoms. The molecule has 492 valence electrons. The van der Waals surface area contributed by atoms with Crippen LogP contribution >= 0.6 is 41.2 Å². The quantitative estimate of drug-likeness (QED) is 0.0362. The van der Waals surface area contributed by atoms with Gasteiger partial charge in [-0.1, -0.05) is 230 Å². The number of benzene rings is 8. The molecule has 10 heteroatoms. The standard InChI is InChI=1S/C43H50S2.C41H48O4P2S2/c1-5-7-9-11-13-15-21-43(22-16-14-12-10-8-6-2)37-25-35-31-19-17-29(3)23-39(31)44-41(35)27-33(37)34-28-42-36(26-38(34)43)32-20-18-30(4)24-40(32)45-42;1-3-5-7-9-11-13-19-41(20-14-12-10-8-6-4-2)35-23-33-29-17-15-27(46)21-37(29)48(42,43)39(33)25-31(35)32-26-40-34(24-36(32)41)30-18-16-28(47)22-38(30)49(40,44)45/h17-20,23-28H,5-16,21-22H2,1-4H3;15-18,21-26H,3-14,19-20,46-47H2,1-2H3. The maximum Gasteiger partial charge on any atom is 0.207 e. The third-order valence-electron chi connectivity index (χ3n) is 22.0. The van der Waals surface area contributed by atoms with Gasteiger partial charge in [-0.3, -0.25) is 0 Å². The van der Waals surface area contributed by atoms with Crippen molar-refractivity contribution in [3.05, 3.63) is 155 Å². The van der Waals surface area contributed by atoms with Crippen molar-refractivity contribution in [3.8, 4) is 44.5 Å². The summed E-state index contributed by atoms with van der Waals surface area (Å²) in [6.45, 7) is 13.6. The monoisotopic (exact) mass is 1360 g/mol. The average molecular weight is 1360 g/mol. The third-order valence-corrected chi connectivity index (χ3v) is 28.6. The van der Waals surface area contributed by atoms with E-state index in [9.17, 15) is 16.8 Å². The van der Waals surface area contributed by atoms with E-state index < -0.39 is 19.7 Å². The zero-order chi connectivity index (χ0) is 65.5. The molecule has 2 unspecified atom stereocenters. The van der Waals surface area contributed by atoms with E-state index in [1.54, 1.807) is 23.3 Å². The van der Waals surface area contributed by atoms with Gasteiger partial charge < -0.3 is 0 Å². The Labute approximate surface area is 575 Å². The number of hydrogen-bond acceptors (Lipinski definition) is 6. The van der Waals surface area contributed by atoms with Gasteiger partial charge in [-0.05, 0) is 179 Å². The van der Waals surface area contributed by atoms with Crippen LogP contribution in [0, 0.1) is 13.8 Å². The molecule has 2 aliphatic heterocycles. The summed E-state index contributed by atoms with van der Waals surface area (Å²) < 4.78 is 62.0. The van der Waals surface area contributed by atoms with E-state index in [0.717, 1.165) is 82.5 Å². The Bertz CT molecular complexity index is 4440. The lowest BCUT2D eigenvalue weighted by Gasteiger charge is -2.33. The van der Waals surface area contributed by atoms with Crippen molar-refractivity contribution >= 4 is 112 Å². The van der Waals surface area contributed by atoms with E-state index in [4.69, 9.17) is 0 Å². The van der Waals surface area contributed by atoms with Crippen molar-refractivity contribution in [1.29, 1.82) is 0 Å². The molecular weight excluding hydrogens is 1260 g/mol. The maximum atomic E-state index is 14.1. The highest BCUT2D eigenvalue weighted by Gasteiger charge is 2.48. The van der Waals surface area contributed by atoms with Crippen molar-refractivity contribution in [2.45, 2.75) is 252 Å². The SMILES string of the molecule is CCCCCCCCC1(CCCCCCCC)c2cc3c(cc2-c2cc4c(cc21)-c1ccc(P)cc1S4(=O)=O)S(=O)(=O)c1cc(P)ccc1-3.CCCCCCCCC1(CCCCCCCC)c2cc3c(cc2-c2cc4sc5cc(C)ccc5c4cc21)sc1cc(C)ccc13. The van der Waals surface area contributed by atoms with Crippen LogP contribution in [0.15, 0.2) is 141 Å². The molecule has 94 heavy (non-hydrogen) atoms. The molecule has 2 aliphatic carbocycles. The van der Waals surface area contributed by atoms with Crippen LogP contribution in [0.25, 0.3) is 84.9 Å². The normalized spacial score (nSPS) is 15.2. The lowest BCUT2D eigenvalue weighted by atomic mass is 9.70. The summed E-state index contributed by atoms with van der Waals surface area (Å²) >= 11 is 3.97. The van der Waals surface area contributed by atoms with Gasteiger partial charge >= 0.3 is 0 Å². The van der Waals surface area contributed by atoms with Crippen LogP contribution in [0.4, 0.5) is 0 Å². The first-order valence-corrected chi connectivity index (χ1v) is 41.9. The summed E-state index contributed by atoms with van der Waals surface area (Å²) in [5.74, 6) is 0. The largest absolute Gasteiger partial charge is 0.218 e. The number of hydrogen-bond donors (Lipinski definition) is 0. The molecule has 0 N–H and O–H groups in total. The third kappa shape index (κ3) is 12.5. The van der Waals surface area contributed by atoms with E-state index in [1.165, 1.54) is 215 Å². The van der Waals surface area contributed by atoms with Crippen molar-refractivity contribution in [1.82, 2.24) is 0 Å². The van der Waals surface area contributed by atoms with Gasteiger partial charge in [0.25, 0.3) is 0 Å². The minimum atomic E-state index is -3.73. The van der Waals surface area contributed by atoms with Crippen molar-refractivity contribution in [3.63, 3.8) is 0 Å². The van der Waals surface area contributed by atoms with Gasteiger partial charge in [-0.2, -0.15) is 0 Å². The Morgan fingerprint density at radius 3 is 0.947 bits per heavy atom. The van der Waals surface area contributed by atoms with Crippen molar-refractivity contribution in [2.24, 2.45) is 0 Å². The first-order valence-electron chi connectivity index (χ1n) is 36.2. The first kappa shape index (κ1) is 67.5. The molecular formula is C84H98O4P2S4. The lowest BCUT2D eigenvalue weighted by molar-refractivity contribution is 0.398. The lowest BCUT2D eigenvalue weighted by Crippen LogP contribution is -2.26. The molecule has 0 amide bonds. The van der Waals surface area contributed by atoms with E-state index in [-0.39, 0.29) is 10.8 Å². The van der Waals surface area contributed by atoms with Gasteiger partial charge in [0.05, 0.1) is 19.6 Å². The molecule has 0 radical (unpaired) electrons. The Kier molecular flexibility index (Phi) is 20.4.